The minimum Gasteiger partial charge on any atom is -0.465 e. The second-order valence-electron chi connectivity index (χ2n) is 6.74. The average molecular weight is 401 g/mol. The standard InChI is InChI=1S/C18H24O6S2/c1-6-23-15(19)13-14(18(3,4)24-16(13)20)17(25-5)26(21,22)12-9-7-11(2)8-10-12/h7-10,13-14,17H,6H2,1-5H3. The molecule has 0 aromatic heterocycles. The third-order valence-electron chi connectivity index (χ3n) is 4.50. The van der Waals surface area contributed by atoms with Crippen molar-refractivity contribution in [2.45, 2.75) is 42.8 Å². The summed E-state index contributed by atoms with van der Waals surface area (Å²) in [5.41, 5.74) is -0.172. The molecule has 0 bridgehead atoms. The SMILES string of the molecule is CCOC(=O)C1C(=O)OC(C)(C)C1C(SC)S(=O)(=O)c1ccc(C)cc1. The molecule has 1 aliphatic heterocycles. The highest BCUT2D eigenvalue weighted by Crippen LogP contribution is 2.46. The largest absolute Gasteiger partial charge is 0.465 e. The van der Waals surface area contributed by atoms with Crippen molar-refractivity contribution in [3.05, 3.63) is 29.8 Å². The molecule has 1 aliphatic rings. The number of carbonyl (C=O) groups is 2. The second kappa shape index (κ2) is 7.60. The first kappa shape index (κ1) is 20.8. The molecule has 1 aromatic carbocycles. The molecule has 1 heterocycles. The van der Waals surface area contributed by atoms with E-state index in [1.165, 1.54) is 12.1 Å². The van der Waals surface area contributed by atoms with Crippen molar-refractivity contribution >= 4 is 33.5 Å². The van der Waals surface area contributed by atoms with Gasteiger partial charge in [-0.25, -0.2) is 8.42 Å². The molecule has 0 aliphatic carbocycles. The summed E-state index contributed by atoms with van der Waals surface area (Å²) in [4.78, 5) is 24.8. The molecule has 0 saturated carbocycles. The third-order valence-corrected chi connectivity index (χ3v) is 8.43. The maximum atomic E-state index is 13.2. The van der Waals surface area contributed by atoms with Crippen LogP contribution in [0.15, 0.2) is 29.2 Å². The number of ether oxygens (including phenoxy) is 2. The van der Waals surface area contributed by atoms with E-state index in [4.69, 9.17) is 9.47 Å². The van der Waals surface area contributed by atoms with Crippen molar-refractivity contribution in [2.75, 3.05) is 12.9 Å². The quantitative estimate of drug-likeness (QED) is 0.536. The summed E-state index contributed by atoms with van der Waals surface area (Å²) in [6, 6.07) is 6.51. The van der Waals surface area contributed by atoms with E-state index >= 15 is 0 Å². The molecule has 3 atom stereocenters. The number of esters is 2. The lowest BCUT2D eigenvalue weighted by atomic mass is 9.84. The minimum absolute atomic E-state index is 0.102. The number of sulfone groups is 1. The maximum Gasteiger partial charge on any atom is 0.321 e. The number of carbonyl (C=O) groups excluding carboxylic acids is 2. The molecule has 0 spiro atoms. The van der Waals surface area contributed by atoms with Crippen molar-refractivity contribution in [3.8, 4) is 0 Å². The molecule has 1 fully saturated rings. The van der Waals surface area contributed by atoms with Gasteiger partial charge in [0.1, 0.15) is 10.2 Å². The van der Waals surface area contributed by atoms with Crippen LogP contribution in [0.2, 0.25) is 0 Å². The van der Waals surface area contributed by atoms with Crippen LogP contribution in [0.3, 0.4) is 0 Å². The van der Waals surface area contributed by atoms with E-state index in [2.05, 4.69) is 0 Å². The molecule has 1 saturated heterocycles. The van der Waals surface area contributed by atoms with Crippen LogP contribution in [0.4, 0.5) is 0 Å². The molecule has 0 radical (unpaired) electrons. The number of aryl methyl sites for hydroxylation is 1. The van der Waals surface area contributed by atoms with E-state index in [9.17, 15) is 18.0 Å². The van der Waals surface area contributed by atoms with Crippen molar-refractivity contribution in [2.24, 2.45) is 11.8 Å². The fraction of sp³-hybridized carbons (Fsp3) is 0.556. The topological polar surface area (TPSA) is 86.7 Å². The number of rotatable bonds is 6. The van der Waals surface area contributed by atoms with E-state index in [-0.39, 0.29) is 11.5 Å². The lowest BCUT2D eigenvalue weighted by molar-refractivity contribution is -0.157. The van der Waals surface area contributed by atoms with Gasteiger partial charge in [0, 0.05) is 5.92 Å². The van der Waals surface area contributed by atoms with Gasteiger partial charge in [-0.05, 0) is 46.1 Å². The van der Waals surface area contributed by atoms with Gasteiger partial charge in [-0.1, -0.05) is 17.7 Å². The molecule has 6 nitrogen and oxygen atoms in total. The highest BCUT2D eigenvalue weighted by molar-refractivity contribution is 8.13. The zero-order valence-electron chi connectivity index (χ0n) is 15.5. The first-order valence-corrected chi connectivity index (χ1v) is 11.1. The molecule has 144 valence electrons. The Morgan fingerprint density at radius 3 is 2.38 bits per heavy atom. The first-order valence-electron chi connectivity index (χ1n) is 8.29. The Hall–Kier alpha value is -1.54. The van der Waals surface area contributed by atoms with Gasteiger partial charge in [0.2, 0.25) is 0 Å². The lowest BCUT2D eigenvalue weighted by Crippen LogP contribution is -2.44. The van der Waals surface area contributed by atoms with Gasteiger partial charge in [-0.15, -0.1) is 11.8 Å². The normalized spacial score (nSPS) is 23.3. The van der Waals surface area contributed by atoms with E-state index in [0.29, 0.717) is 0 Å². The summed E-state index contributed by atoms with van der Waals surface area (Å²) in [7, 11) is -3.80. The van der Waals surface area contributed by atoms with E-state index in [1.54, 1.807) is 39.2 Å². The van der Waals surface area contributed by atoms with Gasteiger partial charge < -0.3 is 9.47 Å². The van der Waals surface area contributed by atoms with Gasteiger partial charge in [0.25, 0.3) is 0 Å². The van der Waals surface area contributed by atoms with Crippen LogP contribution in [-0.2, 0) is 28.9 Å². The van der Waals surface area contributed by atoms with Crippen molar-refractivity contribution < 1.29 is 27.5 Å². The summed E-state index contributed by atoms with van der Waals surface area (Å²) in [6.45, 7) is 6.86. The predicted octanol–water partition coefficient (Wildman–Crippen LogP) is 2.59. The van der Waals surface area contributed by atoms with Crippen molar-refractivity contribution in [1.82, 2.24) is 0 Å². The Labute approximate surface area is 158 Å². The van der Waals surface area contributed by atoms with Crippen LogP contribution in [0.5, 0.6) is 0 Å². The maximum absolute atomic E-state index is 13.2. The number of thioether (sulfide) groups is 1. The molecule has 0 amide bonds. The fourth-order valence-electron chi connectivity index (χ4n) is 3.23. The molecule has 1 aromatic rings. The van der Waals surface area contributed by atoms with Crippen molar-refractivity contribution in [1.29, 1.82) is 0 Å². The van der Waals surface area contributed by atoms with Gasteiger partial charge >= 0.3 is 11.9 Å². The predicted molar refractivity (Wildman–Crippen MR) is 99.5 cm³/mol. The fourth-order valence-corrected chi connectivity index (χ4v) is 7.01. The van der Waals surface area contributed by atoms with Crippen LogP contribution in [0.25, 0.3) is 0 Å². The first-order chi connectivity index (χ1) is 12.1. The third kappa shape index (κ3) is 3.76. The van der Waals surface area contributed by atoms with Gasteiger partial charge in [0.05, 0.1) is 11.5 Å². The Kier molecular flexibility index (Phi) is 6.07. The summed E-state index contributed by atoms with van der Waals surface area (Å²) in [5, 5.41) is 0. The lowest BCUT2D eigenvalue weighted by Gasteiger charge is -2.32. The monoisotopic (exact) mass is 400 g/mol. The minimum atomic E-state index is -3.80. The molecule has 3 unspecified atom stereocenters. The van der Waals surface area contributed by atoms with Gasteiger partial charge in [-0.3, -0.25) is 9.59 Å². The Morgan fingerprint density at radius 2 is 1.88 bits per heavy atom. The second-order valence-corrected chi connectivity index (χ2v) is 10.1. The number of cyclic esters (lactones) is 1. The van der Waals surface area contributed by atoms with Crippen LogP contribution < -0.4 is 0 Å². The summed E-state index contributed by atoms with van der Waals surface area (Å²) >= 11 is 1.09. The number of hydrogen-bond acceptors (Lipinski definition) is 7. The zero-order chi connectivity index (χ0) is 19.7. The van der Waals surface area contributed by atoms with E-state index in [1.807, 2.05) is 6.92 Å². The van der Waals surface area contributed by atoms with Crippen LogP contribution in [-0.4, -0.2) is 43.4 Å². The average Bonchev–Trinajstić information content (AvgIpc) is 2.77. The molecular weight excluding hydrogens is 376 g/mol. The molecule has 8 heteroatoms. The van der Waals surface area contributed by atoms with Crippen LogP contribution >= 0.6 is 11.8 Å². The number of hydrogen-bond donors (Lipinski definition) is 0. The van der Waals surface area contributed by atoms with Gasteiger partial charge in [-0.2, -0.15) is 0 Å². The zero-order valence-corrected chi connectivity index (χ0v) is 17.1. The van der Waals surface area contributed by atoms with Gasteiger partial charge in [0.15, 0.2) is 15.8 Å². The molecule has 26 heavy (non-hydrogen) atoms. The van der Waals surface area contributed by atoms with E-state index in [0.717, 1.165) is 17.3 Å². The molecule has 2 rings (SSSR count). The number of benzene rings is 1. The van der Waals surface area contributed by atoms with E-state index < -0.39 is 43.8 Å². The highest BCUT2D eigenvalue weighted by Gasteiger charge is 2.60. The highest BCUT2D eigenvalue weighted by atomic mass is 32.3. The van der Waals surface area contributed by atoms with Crippen LogP contribution in [0, 0.1) is 18.8 Å². The summed E-state index contributed by atoms with van der Waals surface area (Å²) in [6.07, 6.45) is 1.65. The van der Waals surface area contributed by atoms with Crippen LogP contribution in [0.1, 0.15) is 26.3 Å². The van der Waals surface area contributed by atoms with Crippen molar-refractivity contribution in [3.63, 3.8) is 0 Å². The molecular formula is C18H24O6S2. The Balaban J connectivity index is 2.52. The smallest absolute Gasteiger partial charge is 0.321 e. The Bertz CT molecular complexity index is 782. The summed E-state index contributed by atoms with van der Waals surface area (Å²) in [5.74, 6) is -3.61. The Morgan fingerprint density at radius 1 is 1.31 bits per heavy atom. The summed E-state index contributed by atoms with van der Waals surface area (Å²) < 4.78 is 35.8. The molecule has 0 N–H and O–H groups in total.